The van der Waals surface area contributed by atoms with Gasteiger partial charge in [-0.15, -0.1) is 0 Å². The molecule has 0 unspecified atom stereocenters. The van der Waals surface area contributed by atoms with E-state index in [4.69, 9.17) is 14.0 Å². The van der Waals surface area contributed by atoms with Crippen LogP contribution in [0, 0.1) is 0 Å². The zero-order chi connectivity index (χ0) is 13.9. The lowest BCUT2D eigenvalue weighted by atomic mass is 10.2. The minimum absolute atomic E-state index is 0.0619. The van der Waals surface area contributed by atoms with Gasteiger partial charge in [0.05, 0.1) is 19.3 Å². The number of aromatic nitrogens is 2. The van der Waals surface area contributed by atoms with Gasteiger partial charge in [0.1, 0.15) is 5.75 Å². The molecule has 0 amide bonds. The molecule has 6 nitrogen and oxygen atoms in total. The van der Waals surface area contributed by atoms with E-state index in [0.717, 1.165) is 24.3 Å². The van der Waals surface area contributed by atoms with Crippen LogP contribution in [0.25, 0.3) is 11.4 Å². The van der Waals surface area contributed by atoms with E-state index in [1.54, 1.807) is 14.2 Å². The summed E-state index contributed by atoms with van der Waals surface area (Å²) in [6.07, 6.45) is 1.04. The van der Waals surface area contributed by atoms with Crippen LogP contribution in [-0.2, 0) is 4.74 Å². The van der Waals surface area contributed by atoms with Gasteiger partial charge >= 0.3 is 0 Å². The summed E-state index contributed by atoms with van der Waals surface area (Å²) in [7, 11) is 3.35. The average Bonchev–Trinajstić information content (AvgIpc) is 3.15. The molecule has 1 N–H and O–H groups in total. The van der Waals surface area contributed by atoms with Gasteiger partial charge in [0.25, 0.3) is 0 Å². The Bertz CT molecular complexity index is 585. The molecule has 2 atom stereocenters. The van der Waals surface area contributed by atoms with Gasteiger partial charge in [0.2, 0.25) is 11.7 Å². The van der Waals surface area contributed by atoms with Gasteiger partial charge < -0.3 is 19.3 Å². The molecular formula is C14H17N3O3. The van der Waals surface area contributed by atoms with Crippen molar-refractivity contribution < 1.29 is 14.0 Å². The fraction of sp³-hybridized carbons (Fsp3) is 0.429. The Labute approximate surface area is 117 Å². The summed E-state index contributed by atoms with van der Waals surface area (Å²) in [5.41, 5.74) is 0.876. The summed E-state index contributed by atoms with van der Waals surface area (Å²) in [5.74, 6) is 1.94. The predicted octanol–water partition coefficient (Wildman–Crippen LogP) is 1.79. The molecule has 0 aliphatic carbocycles. The van der Waals surface area contributed by atoms with Crippen LogP contribution in [0.4, 0.5) is 0 Å². The number of rotatable bonds is 4. The van der Waals surface area contributed by atoms with Gasteiger partial charge in [0, 0.05) is 19.2 Å². The molecule has 6 heteroatoms. The molecular weight excluding hydrogens is 258 g/mol. The van der Waals surface area contributed by atoms with Crippen molar-refractivity contribution >= 4 is 0 Å². The van der Waals surface area contributed by atoms with E-state index in [9.17, 15) is 0 Å². The van der Waals surface area contributed by atoms with Crippen molar-refractivity contribution in [2.24, 2.45) is 0 Å². The van der Waals surface area contributed by atoms with Gasteiger partial charge in [0.15, 0.2) is 0 Å². The van der Waals surface area contributed by atoms with Crippen LogP contribution in [0.15, 0.2) is 28.8 Å². The number of nitrogens with one attached hydrogen (secondary N) is 1. The van der Waals surface area contributed by atoms with Crippen molar-refractivity contribution in [2.75, 3.05) is 20.8 Å². The van der Waals surface area contributed by atoms with E-state index in [1.165, 1.54) is 0 Å². The normalized spacial score (nSPS) is 22.1. The molecule has 0 spiro atoms. The van der Waals surface area contributed by atoms with Crippen molar-refractivity contribution in [3.8, 4) is 17.1 Å². The Morgan fingerprint density at radius 3 is 3.00 bits per heavy atom. The van der Waals surface area contributed by atoms with Crippen molar-refractivity contribution in [1.82, 2.24) is 15.5 Å². The molecule has 1 aromatic carbocycles. The monoisotopic (exact) mass is 275 g/mol. The minimum atomic E-state index is 0.0619. The standard InChI is InChI=1S/C14H17N3O3/c1-18-10-5-3-4-9(6-10)13-16-14(20-17-13)12-7-11(19-2)8-15-12/h3-6,11-12,15H,7-8H2,1-2H3/t11-,12+/m0/s1. The molecule has 106 valence electrons. The maximum Gasteiger partial charge on any atom is 0.244 e. The summed E-state index contributed by atoms with van der Waals surface area (Å²) in [6, 6.07) is 7.66. The maximum atomic E-state index is 5.35. The second-order valence-corrected chi connectivity index (χ2v) is 4.74. The maximum absolute atomic E-state index is 5.35. The first kappa shape index (κ1) is 13.1. The number of methoxy groups -OCH3 is 2. The first-order valence-electron chi connectivity index (χ1n) is 6.54. The Morgan fingerprint density at radius 1 is 1.35 bits per heavy atom. The van der Waals surface area contributed by atoms with Gasteiger partial charge in [-0.3, -0.25) is 0 Å². The van der Waals surface area contributed by atoms with Crippen LogP contribution in [-0.4, -0.2) is 37.0 Å². The Hall–Kier alpha value is -1.92. The number of ether oxygens (including phenoxy) is 2. The molecule has 20 heavy (non-hydrogen) atoms. The second kappa shape index (κ2) is 5.60. The molecule has 1 saturated heterocycles. The van der Waals surface area contributed by atoms with Gasteiger partial charge in [-0.05, 0) is 18.6 Å². The second-order valence-electron chi connectivity index (χ2n) is 4.74. The van der Waals surface area contributed by atoms with Crippen molar-refractivity contribution in [3.63, 3.8) is 0 Å². The fourth-order valence-corrected chi connectivity index (χ4v) is 2.33. The van der Waals surface area contributed by atoms with Crippen LogP contribution in [0.5, 0.6) is 5.75 Å². The molecule has 0 saturated carbocycles. The van der Waals surface area contributed by atoms with Gasteiger partial charge in [-0.2, -0.15) is 4.98 Å². The van der Waals surface area contributed by atoms with E-state index >= 15 is 0 Å². The topological polar surface area (TPSA) is 69.4 Å². The summed E-state index contributed by atoms with van der Waals surface area (Å²) in [6.45, 7) is 0.804. The number of hydrogen-bond acceptors (Lipinski definition) is 6. The smallest absolute Gasteiger partial charge is 0.244 e. The minimum Gasteiger partial charge on any atom is -0.497 e. The molecule has 0 bridgehead atoms. The van der Waals surface area contributed by atoms with Gasteiger partial charge in [-0.25, -0.2) is 0 Å². The van der Waals surface area contributed by atoms with Crippen LogP contribution < -0.4 is 10.1 Å². The highest BCUT2D eigenvalue weighted by Crippen LogP contribution is 2.26. The third-order valence-electron chi connectivity index (χ3n) is 3.49. The van der Waals surface area contributed by atoms with E-state index in [2.05, 4.69) is 15.5 Å². The molecule has 2 aromatic rings. The summed E-state index contributed by atoms with van der Waals surface area (Å²) in [4.78, 5) is 4.46. The zero-order valence-electron chi connectivity index (χ0n) is 11.5. The Morgan fingerprint density at radius 2 is 2.25 bits per heavy atom. The zero-order valence-corrected chi connectivity index (χ0v) is 11.5. The molecule has 1 fully saturated rings. The predicted molar refractivity (Wildman–Crippen MR) is 72.4 cm³/mol. The molecule has 1 aromatic heterocycles. The van der Waals surface area contributed by atoms with Crippen LogP contribution in [0.2, 0.25) is 0 Å². The summed E-state index contributed by atoms with van der Waals surface area (Å²) in [5, 5.41) is 7.35. The molecule has 2 heterocycles. The summed E-state index contributed by atoms with van der Waals surface area (Å²) >= 11 is 0. The van der Waals surface area contributed by atoms with E-state index < -0.39 is 0 Å². The molecule has 3 rings (SSSR count). The van der Waals surface area contributed by atoms with E-state index in [-0.39, 0.29) is 12.1 Å². The number of hydrogen-bond donors (Lipinski definition) is 1. The molecule has 1 aliphatic rings. The largest absolute Gasteiger partial charge is 0.497 e. The highest BCUT2D eigenvalue weighted by molar-refractivity contribution is 5.56. The lowest BCUT2D eigenvalue weighted by Crippen LogP contribution is -2.16. The number of benzene rings is 1. The lowest BCUT2D eigenvalue weighted by molar-refractivity contribution is 0.116. The van der Waals surface area contributed by atoms with Crippen LogP contribution in [0.1, 0.15) is 18.4 Å². The van der Waals surface area contributed by atoms with Crippen molar-refractivity contribution in [1.29, 1.82) is 0 Å². The SMILES string of the molecule is COc1cccc(-c2noc([C@H]3C[C@H](OC)CN3)n2)c1. The average molecular weight is 275 g/mol. The van der Waals surface area contributed by atoms with Gasteiger partial charge in [-0.1, -0.05) is 17.3 Å². The highest BCUT2D eigenvalue weighted by atomic mass is 16.5. The third kappa shape index (κ3) is 2.52. The lowest BCUT2D eigenvalue weighted by Gasteiger charge is -2.04. The van der Waals surface area contributed by atoms with E-state index in [1.807, 2.05) is 24.3 Å². The number of nitrogens with zero attached hydrogens (tertiary/aromatic N) is 2. The first-order valence-corrected chi connectivity index (χ1v) is 6.54. The Kier molecular flexibility index (Phi) is 3.66. The molecule has 1 aliphatic heterocycles. The third-order valence-corrected chi connectivity index (χ3v) is 3.49. The van der Waals surface area contributed by atoms with E-state index in [0.29, 0.717) is 11.7 Å². The fourth-order valence-electron chi connectivity index (χ4n) is 2.33. The van der Waals surface area contributed by atoms with Crippen LogP contribution in [0.3, 0.4) is 0 Å². The van der Waals surface area contributed by atoms with Crippen molar-refractivity contribution in [3.05, 3.63) is 30.2 Å². The Balaban J connectivity index is 1.79. The highest BCUT2D eigenvalue weighted by Gasteiger charge is 2.29. The first-order chi connectivity index (χ1) is 9.80. The summed E-state index contributed by atoms with van der Waals surface area (Å²) < 4.78 is 15.9. The molecule has 0 radical (unpaired) electrons. The van der Waals surface area contributed by atoms with Crippen LogP contribution >= 0.6 is 0 Å². The van der Waals surface area contributed by atoms with Crippen molar-refractivity contribution in [2.45, 2.75) is 18.6 Å². The quantitative estimate of drug-likeness (QED) is 0.917.